The number of hydrogen-bond acceptors (Lipinski definition) is 2. The summed E-state index contributed by atoms with van der Waals surface area (Å²) in [5.41, 5.74) is 2.17. The monoisotopic (exact) mass is 379 g/mol. The van der Waals surface area contributed by atoms with Crippen molar-refractivity contribution in [3.8, 4) is 0 Å². The Morgan fingerprint density at radius 1 is 0.958 bits per heavy atom. The molecule has 0 aromatic heterocycles. The highest BCUT2D eigenvalue weighted by molar-refractivity contribution is 7.80. The van der Waals surface area contributed by atoms with Crippen molar-refractivity contribution in [2.24, 2.45) is 0 Å². The summed E-state index contributed by atoms with van der Waals surface area (Å²) in [7, 11) is 0. The zero-order chi connectivity index (χ0) is 16.9. The molecule has 0 bridgehead atoms. The molecule has 1 N–H and O–H groups in total. The molecule has 0 aliphatic carbocycles. The minimum absolute atomic E-state index is 0.598. The predicted molar refractivity (Wildman–Crippen MR) is 106 cm³/mol. The Morgan fingerprint density at radius 3 is 2.21 bits per heavy atom. The Balaban J connectivity index is 1.51. The molecule has 126 valence electrons. The van der Waals surface area contributed by atoms with Gasteiger partial charge in [-0.15, -0.1) is 0 Å². The molecule has 3 nitrogen and oxygen atoms in total. The van der Waals surface area contributed by atoms with E-state index in [1.165, 1.54) is 5.56 Å². The summed E-state index contributed by atoms with van der Waals surface area (Å²) in [5.74, 6) is 0. The molecule has 2 aromatic rings. The van der Waals surface area contributed by atoms with Crippen LogP contribution in [0.25, 0.3) is 0 Å². The van der Waals surface area contributed by atoms with E-state index in [2.05, 4.69) is 39.4 Å². The zero-order valence-corrected chi connectivity index (χ0v) is 15.5. The lowest BCUT2D eigenvalue weighted by atomic mass is 10.2. The maximum Gasteiger partial charge on any atom is 0.173 e. The maximum absolute atomic E-state index is 6.03. The largest absolute Gasteiger partial charge is 0.346 e. The summed E-state index contributed by atoms with van der Waals surface area (Å²) in [4.78, 5) is 4.64. The van der Waals surface area contributed by atoms with Gasteiger partial charge in [0.1, 0.15) is 0 Å². The number of rotatable bonds is 3. The van der Waals surface area contributed by atoms with Gasteiger partial charge < -0.3 is 10.2 Å². The third-order valence-electron chi connectivity index (χ3n) is 4.02. The van der Waals surface area contributed by atoms with Crippen LogP contribution >= 0.6 is 35.4 Å². The molecule has 0 amide bonds. The van der Waals surface area contributed by atoms with Crippen LogP contribution in [0.2, 0.25) is 10.0 Å². The van der Waals surface area contributed by atoms with E-state index in [9.17, 15) is 0 Å². The number of anilines is 1. The number of hydrogen-bond donors (Lipinski definition) is 1. The van der Waals surface area contributed by atoms with E-state index < -0.39 is 0 Å². The van der Waals surface area contributed by atoms with Gasteiger partial charge >= 0.3 is 0 Å². The van der Waals surface area contributed by atoms with Gasteiger partial charge in [0, 0.05) is 48.5 Å². The average Bonchev–Trinajstić information content (AvgIpc) is 2.55. The van der Waals surface area contributed by atoms with E-state index in [4.69, 9.17) is 35.4 Å². The van der Waals surface area contributed by atoms with E-state index in [0.29, 0.717) is 15.2 Å². The molecule has 0 spiro atoms. The molecule has 0 unspecified atom stereocenters. The Bertz CT molecular complexity index is 680. The number of benzene rings is 2. The topological polar surface area (TPSA) is 18.5 Å². The number of nitrogens with one attached hydrogen (secondary N) is 1. The van der Waals surface area contributed by atoms with Gasteiger partial charge in [-0.1, -0.05) is 53.5 Å². The molecule has 1 fully saturated rings. The molecule has 24 heavy (non-hydrogen) atoms. The Labute approximate surface area is 158 Å². The van der Waals surface area contributed by atoms with Crippen LogP contribution in [0.5, 0.6) is 0 Å². The first-order valence-corrected chi connectivity index (χ1v) is 9.05. The molecule has 3 rings (SSSR count). The first kappa shape index (κ1) is 17.5. The van der Waals surface area contributed by atoms with Crippen molar-refractivity contribution in [2.75, 3.05) is 31.5 Å². The molecule has 2 aromatic carbocycles. The fraction of sp³-hybridized carbons (Fsp3) is 0.278. The molecule has 0 radical (unpaired) electrons. The minimum atomic E-state index is 0.598. The van der Waals surface area contributed by atoms with Gasteiger partial charge in [-0.3, -0.25) is 4.90 Å². The van der Waals surface area contributed by atoms with E-state index in [0.717, 1.165) is 38.4 Å². The standard InChI is InChI=1S/C18H19Cl2N3S/c19-15-10-16(20)12-17(11-15)21-18(24)23-8-6-22(7-9-23)13-14-4-2-1-3-5-14/h1-5,10-12H,6-9,13H2,(H,21,24). The molecule has 1 saturated heterocycles. The van der Waals surface area contributed by atoms with Crippen molar-refractivity contribution in [1.82, 2.24) is 9.80 Å². The lowest BCUT2D eigenvalue weighted by Crippen LogP contribution is -2.49. The van der Waals surface area contributed by atoms with Gasteiger partial charge in [0.2, 0.25) is 0 Å². The van der Waals surface area contributed by atoms with Crippen molar-refractivity contribution in [3.05, 3.63) is 64.1 Å². The molecular weight excluding hydrogens is 361 g/mol. The van der Waals surface area contributed by atoms with Crippen molar-refractivity contribution >= 4 is 46.2 Å². The van der Waals surface area contributed by atoms with Crippen LogP contribution in [0.3, 0.4) is 0 Å². The molecule has 0 saturated carbocycles. The number of thiocarbonyl (C=S) groups is 1. The van der Waals surface area contributed by atoms with Gasteiger partial charge in [-0.2, -0.15) is 0 Å². The van der Waals surface area contributed by atoms with E-state index in [1.54, 1.807) is 6.07 Å². The van der Waals surface area contributed by atoms with Gasteiger partial charge in [0.15, 0.2) is 5.11 Å². The van der Waals surface area contributed by atoms with Crippen LogP contribution in [-0.2, 0) is 6.54 Å². The lowest BCUT2D eigenvalue weighted by Gasteiger charge is -2.36. The SMILES string of the molecule is S=C(Nc1cc(Cl)cc(Cl)c1)N1CCN(Cc2ccccc2)CC1. The van der Waals surface area contributed by atoms with Crippen LogP contribution in [0.1, 0.15) is 5.56 Å². The molecule has 1 heterocycles. The molecular formula is C18H19Cl2N3S. The first-order chi connectivity index (χ1) is 11.6. The zero-order valence-electron chi connectivity index (χ0n) is 13.2. The smallest absolute Gasteiger partial charge is 0.173 e. The number of piperazine rings is 1. The van der Waals surface area contributed by atoms with Crippen LogP contribution in [0.15, 0.2) is 48.5 Å². The summed E-state index contributed by atoms with van der Waals surface area (Å²) < 4.78 is 0. The van der Waals surface area contributed by atoms with Gasteiger partial charge in [-0.05, 0) is 36.0 Å². The molecule has 6 heteroatoms. The van der Waals surface area contributed by atoms with Crippen LogP contribution in [-0.4, -0.2) is 41.1 Å². The summed E-state index contributed by atoms with van der Waals surface area (Å²) in [6.07, 6.45) is 0. The third-order valence-corrected chi connectivity index (χ3v) is 4.82. The molecule has 1 aliphatic rings. The predicted octanol–water partition coefficient (Wildman–Crippen LogP) is 4.51. The van der Waals surface area contributed by atoms with Crippen LogP contribution in [0.4, 0.5) is 5.69 Å². The Kier molecular flexibility index (Phi) is 5.95. The Morgan fingerprint density at radius 2 is 1.58 bits per heavy atom. The highest BCUT2D eigenvalue weighted by Crippen LogP contribution is 2.23. The summed E-state index contributed by atoms with van der Waals surface area (Å²) >= 11 is 17.6. The highest BCUT2D eigenvalue weighted by Gasteiger charge is 2.19. The second kappa shape index (κ2) is 8.17. The fourth-order valence-corrected chi connectivity index (χ4v) is 3.61. The first-order valence-electron chi connectivity index (χ1n) is 7.88. The van der Waals surface area contributed by atoms with E-state index in [-0.39, 0.29) is 0 Å². The third kappa shape index (κ3) is 4.84. The number of nitrogens with zero attached hydrogens (tertiary/aromatic N) is 2. The molecule has 0 atom stereocenters. The van der Waals surface area contributed by atoms with E-state index in [1.807, 2.05) is 18.2 Å². The highest BCUT2D eigenvalue weighted by atomic mass is 35.5. The van der Waals surface area contributed by atoms with Crippen LogP contribution in [0, 0.1) is 0 Å². The van der Waals surface area contributed by atoms with Crippen molar-refractivity contribution < 1.29 is 0 Å². The van der Waals surface area contributed by atoms with Crippen molar-refractivity contribution in [3.63, 3.8) is 0 Å². The lowest BCUT2D eigenvalue weighted by molar-refractivity contribution is 0.177. The second-order valence-corrected chi connectivity index (χ2v) is 7.10. The summed E-state index contributed by atoms with van der Waals surface area (Å²) in [6, 6.07) is 15.9. The minimum Gasteiger partial charge on any atom is -0.346 e. The fourth-order valence-electron chi connectivity index (χ4n) is 2.78. The van der Waals surface area contributed by atoms with E-state index >= 15 is 0 Å². The summed E-state index contributed by atoms with van der Waals surface area (Å²) in [5, 5.41) is 5.14. The number of halogens is 2. The second-order valence-electron chi connectivity index (χ2n) is 5.84. The molecule has 1 aliphatic heterocycles. The summed E-state index contributed by atoms with van der Waals surface area (Å²) in [6.45, 7) is 4.79. The van der Waals surface area contributed by atoms with Gasteiger partial charge in [0.05, 0.1) is 0 Å². The quantitative estimate of drug-likeness (QED) is 0.790. The van der Waals surface area contributed by atoms with Gasteiger partial charge in [0.25, 0.3) is 0 Å². The maximum atomic E-state index is 6.03. The van der Waals surface area contributed by atoms with Crippen LogP contribution < -0.4 is 5.32 Å². The van der Waals surface area contributed by atoms with Crippen molar-refractivity contribution in [2.45, 2.75) is 6.54 Å². The Hall–Kier alpha value is -1.33. The average molecular weight is 380 g/mol. The normalized spacial score (nSPS) is 15.3. The van der Waals surface area contributed by atoms with Crippen molar-refractivity contribution in [1.29, 1.82) is 0 Å². The van der Waals surface area contributed by atoms with Gasteiger partial charge in [-0.25, -0.2) is 0 Å².